The molecule has 5 rings (SSSR count). The molecule has 2 aromatic heterocycles. The Kier molecular flexibility index (Phi) is 6.26. The number of phenolic OH excluding ortho intramolecular Hbond substituents is 1. The van der Waals surface area contributed by atoms with Crippen LogP contribution in [0.2, 0.25) is 0 Å². The Labute approximate surface area is 217 Å². The number of rotatable bonds is 5. The summed E-state index contributed by atoms with van der Waals surface area (Å²) in [6.07, 6.45) is 0.275. The molecule has 0 saturated carbocycles. The monoisotopic (exact) mass is 507 g/mol. The number of hydrogen-bond acceptors (Lipinski definition) is 8. The number of nitrogens with zero attached hydrogens (tertiary/aromatic N) is 6. The van der Waals surface area contributed by atoms with Gasteiger partial charge in [0.2, 0.25) is 5.91 Å². The molecule has 1 amide bonds. The predicted octanol–water partition coefficient (Wildman–Crippen LogP) is 4.51. The molecule has 0 spiro atoms. The number of aromatic nitrogens is 3. The minimum absolute atomic E-state index is 0.0117. The van der Waals surface area contributed by atoms with Gasteiger partial charge in [-0.25, -0.2) is 0 Å². The van der Waals surface area contributed by atoms with E-state index in [1.807, 2.05) is 30.5 Å². The number of aryl methyl sites for hydroxylation is 1. The van der Waals surface area contributed by atoms with E-state index < -0.39 is 6.04 Å². The number of benzene rings is 2. The van der Waals surface area contributed by atoms with Crippen molar-refractivity contribution in [3.05, 3.63) is 87.3 Å². The number of carbonyl (C=O) groups excluding carboxylic acids is 1. The van der Waals surface area contributed by atoms with E-state index >= 15 is 0 Å². The molecule has 9 nitrogen and oxygen atoms in total. The molecule has 2 N–H and O–H groups in total. The van der Waals surface area contributed by atoms with Crippen LogP contribution in [0.25, 0.3) is 5.00 Å². The molecule has 2 aromatic carbocycles. The van der Waals surface area contributed by atoms with Crippen LogP contribution in [0.5, 0.6) is 5.75 Å². The van der Waals surface area contributed by atoms with Crippen LogP contribution in [0, 0.1) is 36.5 Å². The van der Waals surface area contributed by atoms with Gasteiger partial charge in [-0.15, -0.1) is 21.5 Å². The summed E-state index contributed by atoms with van der Waals surface area (Å²) in [6, 6.07) is 17.1. The molecule has 182 valence electrons. The molecular formula is C27H21N7O2S. The van der Waals surface area contributed by atoms with Crippen molar-refractivity contribution < 1.29 is 9.90 Å². The van der Waals surface area contributed by atoms with Crippen LogP contribution < -0.4 is 5.32 Å². The van der Waals surface area contributed by atoms with Gasteiger partial charge in [0.15, 0.2) is 5.82 Å². The van der Waals surface area contributed by atoms with Crippen LogP contribution in [-0.2, 0) is 11.2 Å². The third-order valence-electron chi connectivity index (χ3n) is 6.16. The van der Waals surface area contributed by atoms with Crippen molar-refractivity contribution in [2.24, 2.45) is 4.99 Å². The van der Waals surface area contributed by atoms with Crippen LogP contribution in [0.15, 0.2) is 53.5 Å². The molecular weight excluding hydrogens is 486 g/mol. The van der Waals surface area contributed by atoms with Crippen molar-refractivity contribution >= 4 is 28.6 Å². The van der Waals surface area contributed by atoms with Gasteiger partial charge in [-0.05, 0) is 55.8 Å². The molecule has 4 aromatic rings. The number of amides is 1. The van der Waals surface area contributed by atoms with Gasteiger partial charge in [0.25, 0.3) is 0 Å². The Morgan fingerprint density at radius 2 is 1.84 bits per heavy atom. The lowest BCUT2D eigenvalue weighted by molar-refractivity contribution is -0.116. The van der Waals surface area contributed by atoms with E-state index in [0.29, 0.717) is 28.6 Å². The number of nitriles is 2. The number of aromatic hydroxyl groups is 1. The molecule has 3 heterocycles. The maximum Gasteiger partial charge on any atom is 0.227 e. The van der Waals surface area contributed by atoms with Crippen LogP contribution in [0.1, 0.15) is 51.2 Å². The molecule has 0 aliphatic carbocycles. The standard InChI is InChI=1S/C27H21N7O2S/c1-15-22(11-12-28)37-27-24(15)25(18-5-3-17(14-29)4-6-18)31-21(26-33-32-16(2)34(26)27)13-23(36)30-19-7-9-20(35)10-8-19/h3-10,21,35H,11,13H2,1-2H3,(H,30,36)/t21-/m0/s1. The molecule has 0 unspecified atom stereocenters. The fraction of sp³-hybridized carbons (Fsp3) is 0.185. The molecule has 1 aliphatic heterocycles. The maximum absolute atomic E-state index is 13.1. The average molecular weight is 508 g/mol. The van der Waals surface area contributed by atoms with Gasteiger partial charge in [0.1, 0.15) is 22.6 Å². The molecule has 0 bridgehead atoms. The summed E-state index contributed by atoms with van der Waals surface area (Å²) in [6.45, 7) is 3.82. The zero-order valence-corrected chi connectivity index (χ0v) is 20.9. The zero-order valence-electron chi connectivity index (χ0n) is 20.1. The Morgan fingerprint density at radius 1 is 1.11 bits per heavy atom. The highest BCUT2D eigenvalue weighted by Crippen LogP contribution is 2.40. The van der Waals surface area contributed by atoms with Crippen molar-refractivity contribution in [2.45, 2.75) is 32.7 Å². The van der Waals surface area contributed by atoms with Crippen LogP contribution >= 0.6 is 11.3 Å². The summed E-state index contributed by atoms with van der Waals surface area (Å²) in [5.74, 6) is 1.03. The Hall–Kier alpha value is -4.80. The van der Waals surface area contributed by atoms with Crippen molar-refractivity contribution in [3.63, 3.8) is 0 Å². The number of nitrogens with one attached hydrogen (secondary N) is 1. The van der Waals surface area contributed by atoms with Gasteiger partial charge in [0, 0.05) is 21.7 Å². The van der Waals surface area contributed by atoms with E-state index in [4.69, 9.17) is 4.99 Å². The number of aliphatic imine (C=N–C) groups is 1. The highest BCUT2D eigenvalue weighted by Gasteiger charge is 2.32. The summed E-state index contributed by atoms with van der Waals surface area (Å²) in [4.78, 5) is 19.1. The molecule has 1 aliphatic rings. The molecule has 0 saturated heterocycles. The lowest BCUT2D eigenvalue weighted by Crippen LogP contribution is -2.17. The fourth-order valence-corrected chi connectivity index (χ4v) is 5.63. The van der Waals surface area contributed by atoms with Crippen LogP contribution in [0.3, 0.4) is 0 Å². The van der Waals surface area contributed by atoms with E-state index in [-0.39, 0.29) is 24.5 Å². The summed E-state index contributed by atoms with van der Waals surface area (Å²) in [7, 11) is 0. The predicted molar refractivity (Wildman–Crippen MR) is 139 cm³/mol. The fourth-order valence-electron chi connectivity index (χ4n) is 4.34. The van der Waals surface area contributed by atoms with Gasteiger partial charge < -0.3 is 10.4 Å². The summed E-state index contributed by atoms with van der Waals surface area (Å²) in [5.41, 5.74) is 4.36. The lowest BCUT2D eigenvalue weighted by Gasteiger charge is -2.13. The molecule has 0 radical (unpaired) electrons. The highest BCUT2D eigenvalue weighted by molar-refractivity contribution is 7.15. The molecule has 37 heavy (non-hydrogen) atoms. The molecule has 1 atom stereocenters. The van der Waals surface area contributed by atoms with Crippen molar-refractivity contribution in [2.75, 3.05) is 5.32 Å². The topological polar surface area (TPSA) is 140 Å². The third kappa shape index (κ3) is 4.46. The normalized spacial score (nSPS) is 13.9. The Bertz CT molecular complexity index is 1620. The van der Waals surface area contributed by atoms with E-state index in [1.165, 1.54) is 23.5 Å². The van der Waals surface area contributed by atoms with Gasteiger partial charge in [0.05, 0.1) is 36.3 Å². The summed E-state index contributed by atoms with van der Waals surface area (Å²) in [5, 5.41) is 40.6. The maximum atomic E-state index is 13.1. The van der Waals surface area contributed by atoms with Gasteiger partial charge in [-0.3, -0.25) is 14.4 Å². The minimum atomic E-state index is -0.637. The Balaban J connectivity index is 1.63. The zero-order chi connectivity index (χ0) is 26.1. The summed E-state index contributed by atoms with van der Waals surface area (Å²) < 4.78 is 1.92. The van der Waals surface area contributed by atoms with Crippen molar-refractivity contribution in [3.8, 4) is 22.9 Å². The second kappa shape index (κ2) is 9.69. The first-order valence-electron chi connectivity index (χ1n) is 11.5. The quantitative estimate of drug-likeness (QED) is 0.381. The number of thiophene rings is 1. The number of carbonyl (C=O) groups is 1. The van der Waals surface area contributed by atoms with Gasteiger partial charge >= 0.3 is 0 Å². The second-order valence-electron chi connectivity index (χ2n) is 8.59. The lowest BCUT2D eigenvalue weighted by atomic mass is 9.98. The van der Waals surface area contributed by atoms with Crippen LogP contribution in [-0.4, -0.2) is 31.5 Å². The van der Waals surface area contributed by atoms with E-state index in [2.05, 4.69) is 27.7 Å². The first kappa shape index (κ1) is 23.9. The van der Waals surface area contributed by atoms with Gasteiger partial charge in [-0.1, -0.05) is 12.1 Å². The number of fused-ring (bicyclic) bond motifs is 3. The van der Waals surface area contributed by atoms with Crippen molar-refractivity contribution in [1.82, 2.24) is 14.8 Å². The van der Waals surface area contributed by atoms with Crippen LogP contribution in [0.4, 0.5) is 5.69 Å². The van der Waals surface area contributed by atoms with E-state index in [1.54, 1.807) is 24.3 Å². The molecule has 10 heteroatoms. The Morgan fingerprint density at radius 3 is 2.51 bits per heavy atom. The number of hydrogen-bond donors (Lipinski definition) is 2. The average Bonchev–Trinajstić information content (AvgIpc) is 3.38. The second-order valence-corrected chi connectivity index (χ2v) is 9.67. The third-order valence-corrected chi connectivity index (χ3v) is 7.43. The minimum Gasteiger partial charge on any atom is -0.508 e. The highest BCUT2D eigenvalue weighted by atomic mass is 32.1. The SMILES string of the molecule is Cc1c(CC#N)sc2c1C(c1ccc(C#N)cc1)=N[C@@H](CC(=O)Nc1ccc(O)cc1)c1nnc(C)n1-2. The first-order chi connectivity index (χ1) is 17.9. The van der Waals surface area contributed by atoms with Crippen molar-refractivity contribution in [1.29, 1.82) is 10.5 Å². The first-order valence-corrected chi connectivity index (χ1v) is 12.3. The smallest absolute Gasteiger partial charge is 0.227 e. The van der Waals surface area contributed by atoms with E-state index in [9.17, 15) is 20.4 Å². The molecule has 0 fully saturated rings. The largest absolute Gasteiger partial charge is 0.508 e. The number of anilines is 1. The van der Waals surface area contributed by atoms with E-state index in [0.717, 1.165) is 26.6 Å². The number of phenols is 1. The van der Waals surface area contributed by atoms with Gasteiger partial charge in [-0.2, -0.15) is 10.5 Å². The summed E-state index contributed by atoms with van der Waals surface area (Å²) >= 11 is 1.50.